The summed E-state index contributed by atoms with van der Waals surface area (Å²) in [5, 5.41) is 3.29. The number of hydrogen-bond donors (Lipinski definition) is 0. The Kier molecular flexibility index (Phi) is 5.64. The minimum atomic E-state index is -0.493. The maximum Gasteiger partial charge on any atom is 0.273 e. The van der Waals surface area contributed by atoms with Crippen LogP contribution in [0.5, 0.6) is 0 Å². The quantitative estimate of drug-likeness (QED) is 0.546. The number of nitrogens with zero attached hydrogens (tertiary/aromatic N) is 2. The van der Waals surface area contributed by atoms with Gasteiger partial charge in [-0.15, -0.1) is 11.3 Å². The number of ether oxygens (including phenoxy) is 1. The zero-order valence-corrected chi connectivity index (χ0v) is 16.9. The van der Waals surface area contributed by atoms with E-state index < -0.39 is 6.10 Å². The van der Waals surface area contributed by atoms with Gasteiger partial charge in [0.25, 0.3) is 5.91 Å². The fourth-order valence-corrected chi connectivity index (χ4v) is 4.14. The smallest absolute Gasteiger partial charge is 0.273 e. The fourth-order valence-electron chi connectivity index (χ4n) is 3.05. The molecule has 2 heterocycles. The van der Waals surface area contributed by atoms with Crippen molar-refractivity contribution in [1.82, 2.24) is 9.88 Å². The topological polar surface area (TPSA) is 42.4 Å². The average molecular weight is 437 g/mol. The van der Waals surface area contributed by atoms with Gasteiger partial charge >= 0.3 is 0 Å². The number of carbonyl (C=O) groups excluding carboxylic acids is 1. The van der Waals surface area contributed by atoms with Gasteiger partial charge in [0.1, 0.15) is 22.6 Å². The van der Waals surface area contributed by atoms with E-state index in [1.54, 1.807) is 40.6 Å². The lowest BCUT2D eigenvalue weighted by Gasteiger charge is -2.32. The first-order valence-electron chi connectivity index (χ1n) is 8.59. The summed E-state index contributed by atoms with van der Waals surface area (Å²) in [5.41, 5.74) is 1.60. The molecule has 1 unspecified atom stereocenters. The monoisotopic (exact) mass is 436 g/mol. The summed E-state index contributed by atoms with van der Waals surface area (Å²) in [4.78, 5) is 19.0. The lowest BCUT2D eigenvalue weighted by molar-refractivity contribution is -0.0244. The molecule has 1 aromatic heterocycles. The molecule has 3 aromatic rings. The van der Waals surface area contributed by atoms with E-state index in [1.807, 2.05) is 6.07 Å². The molecular formula is C20H15Cl2FN2O2S. The minimum absolute atomic E-state index is 0.202. The van der Waals surface area contributed by atoms with Crippen LogP contribution in [0, 0.1) is 5.82 Å². The van der Waals surface area contributed by atoms with Crippen molar-refractivity contribution in [2.75, 3.05) is 19.7 Å². The SMILES string of the molecule is O=C(c1csc(-c2ccc(Cl)c(Cl)c2)n1)N1CCOC(c2ccccc2F)C1. The fraction of sp³-hybridized carbons (Fsp3) is 0.200. The Labute approximate surface area is 175 Å². The van der Waals surface area contributed by atoms with Crippen molar-refractivity contribution < 1.29 is 13.9 Å². The molecule has 28 heavy (non-hydrogen) atoms. The summed E-state index contributed by atoms with van der Waals surface area (Å²) >= 11 is 13.4. The maximum atomic E-state index is 14.1. The van der Waals surface area contributed by atoms with Gasteiger partial charge in [-0.2, -0.15) is 0 Å². The number of halogens is 3. The van der Waals surface area contributed by atoms with E-state index in [2.05, 4.69) is 4.98 Å². The summed E-state index contributed by atoms with van der Waals surface area (Å²) in [5.74, 6) is -0.537. The minimum Gasteiger partial charge on any atom is -0.370 e. The van der Waals surface area contributed by atoms with E-state index in [4.69, 9.17) is 27.9 Å². The van der Waals surface area contributed by atoms with Crippen LogP contribution in [0.15, 0.2) is 47.8 Å². The van der Waals surface area contributed by atoms with Crippen LogP contribution in [-0.4, -0.2) is 35.5 Å². The van der Waals surface area contributed by atoms with E-state index in [9.17, 15) is 9.18 Å². The van der Waals surface area contributed by atoms with Crippen LogP contribution in [-0.2, 0) is 4.74 Å². The summed E-state index contributed by atoms with van der Waals surface area (Å²) in [6.07, 6.45) is -0.493. The van der Waals surface area contributed by atoms with Gasteiger partial charge in [-0.1, -0.05) is 47.5 Å². The molecule has 4 nitrogen and oxygen atoms in total. The predicted molar refractivity (Wildman–Crippen MR) is 109 cm³/mol. The predicted octanol–water partition coefficient (Wildman–Crippen LogP) is 5.47. The Morgan fingerprint density at radius 3 is 2.82 bits per heavy atom. The number of amides is 1. The van der Waals surface area contributed by atoms with E-state index in [0.29, 0.717) is 39.5 Å². The van der Waals surface area contributed by atoms with Crippen LogP contribution >= 0.6 is 34.5 Å². The van der Waals surface area contributed by atoms with E-state index >= 15 is 0 Å². The number of thiazole rings is 1. The Balaban J connectivity index is 1.52. The molecule has 0 radical (unpaired) electrons. The van der Waals surface area contributed by atoms with Crippen molar-refractivity contribution in [3.05, 3.63) is 75.0 Å². The van der Waals surface area contributed by atoms with Gasteiger partial charge in [0.05, 0.1) is 23.2 Å². The van der Waals surface area contributed by atoms with Gasteiger partial charge in [-0.05, 0) is 18.2 Å². The number of hydrogen-bond acceptors (Lipinski definition) is 4. The van der Waals surface area contributed by atoms with Gasteiger partial charge in [-0.25, -0.2) is 9.37 Å². The second-order valence-corrected chi connectivity index (χ2v) is 7.97. The number of rotatable bonds is 3. The van der Waals surface area contributed by atoms with E-state index in [1.165, 1.54) is 17.4 Å². The third-order valence-electron chi connectivity index (χ3n) is 4.50. The zero-order valence-electron chi connectivity index (χ0n) is 14.6. The first-order valence-corrected chi connectivity index (χ1v) is 10.2. The molecular weight excluding hydrogens is 422 g/mol. The molecule has 0 aliphatic carbocycles. The average Bonchev–Trinajstić information content (AvgIpc) is 3.20. The summed E-state index contributed by atoms with van der Waals surface area (Å²) in [6.45, 7) is 1.05. The molecule has 0 saturated carbocycles. The van der Waals surface area contributed by atoms with Gasteiger partial charge in [0.2, 0.25) is 0 Å². The molecule has 1 aliphatic rings. The van der Waals surface area contributed by atoms with Crippen molar-refractivity contribution in [2.24, 2.45) is 0 Å². The molecule has 0 bridgehead atoms. The molecule has 0 N–H and O–H groups in total. The first kappa shape index (κ1) is 19.3. The highest BCUT2D eigenvalue weighted by Gasteiger charge is 2.28. The molecule has 1 saturated heterocycles. The molecule has 1 fully saturated rings. The molecule has 144 valence electrons. The lowest BCUT2D eigenvalue weighted by atomic mass is 10.1. The number of benzene rings is 2. The maximum absolute atomic E-state index is 14.1. The molecule has 2 aromatic carbocycles. The zero-order chi connectivity index (χ0) is 19.7. The number of morpholine rings is 1. The van der Waals surface area contributed by atoms with Crippen LogP contribution in [0.1, 0.15) is 22.2 Å². The van der Waals surface area contributed by atoms with Crippen LogP contribution in [0.2, 0.25) is 10.0 Å². The second kappa shape index (κ2) is 8.17. The highest BCUT2D eigenvalue weighted by atomic mass is 35.5. The summed E-state index contributed by atoms with van der Waals surface area (Å²) < 4.78 is 19.7. The Hall–Kier alpha value is -1.99. The van der Waals surface area contributed by atoms with E-state index in [-0.39, 0.29) is 18.3 Å². The summed E-state index contributed by atoms with van der Waals surface area (Å²) in [6, 6.07) is 11.7. The third-order valence-corrected chi connectivity index (χ3v) is 6.13. The standard InChI is InChI=1S/C20H15Cl2FN2O2S/c21-14-6-5-12(9-15(14)22)19-24-17(11-28-19)20(26)25-7-8-27-18(10-25)13-3-1-2-4-16(13)23/h1-6,9,11,18H,7-8,10H2. The van der Waals surface area contributed by atoms with Gasteiger partial charge < -0.3 is 9.64 Å². The van der Waals surface area contributed by atoms with Crippen molar-refractivity contribution in [3.63, 3.8) is 0 Å². The van der Waals surface area contributed by atoms with Crippen LogP contribution in [0.3, 0.4) is 0 Å². The van der Waals surface area contributed by atoms with Crippen LogP contribution < -0.4 is 0 Å². The Morgan fingerprint density at radius 1 is 1.21 bits per heavy atom. The van der Waals surface area contributed by atoms with Gasteiger partial charge in [0, 0.05) is 23.1 Å². The van der Waals surface area contributed by atoms with Crippen LogP contribution in [0.25, 0.3) is 10.6 Å². The summed E-state index contributed by atoms with van der Waals surface area (Å²) in [7, 11) is 0. The first-order chi connectivity index (χ1) is 13.5. The molecule has 1 atom stereocenters. The second-order valence-electron chi connectivity index (χ2n) is 6.30. The largest absolute Gasteiger partial charge is 0.370 e. The normalized spacial score (nSPS) is 17.0. The number of aromatic nitrogens is 1. The van der Waals surface area contributed by atoms with Crippen molar-refractivity contribution in [3.8, 4) is 10.6 Å². The Morgan fingerprint density at radius 2 is 2.04 bits per heavy atom. The molecule has 8 heteroatoms. The third kappa shape index (κ3) is 3.91. The van der Waals surface area contributed by atoms with Crippen molar-refractivity contribution >= 4 is 40.4 Å². The number of carbonyl (C=O) groups is 1. The van der Waals surface area contributed by atoms with Crippen molar-refractivity contribution in [1.29, 1.82) is 0 Å². The van der Waals surface area contributed by atoms with Crippen molar-refractivity contribution in [2.45, 2.75) is 6.10 Å². The molecule has 1 amide bonds. The Bertz CT molecular complexity index is 1030. The highest BCUT2D eigenvalue weighted by molar-refractivity contribution is 7.13. The van der Waals surface area contributed by atoms with Gasteiger partial charge in [-0.3, -0.25) is 4.79 Å². The lowest BCUT2D eigenvalue weighted by Crippen LogP contribution is -2.42. The highest BCUT2D eigenvalue weighted by Crippen LogP contribution is 2.31. The van der Waals surface area contributed by atoms with E-state index in [0.717, 1.165) is 5.56 Å². The molecule has 1 aliphatic heterocycles. The van der Waals surface area contributed by atoms with Crippen LogP contribution in [0.4, 0.5) is 4.39 Å². The molecule has 4 rings (SSSR count). The van der Waals surface area contributed by atoms with Gasteiger partial charge in [0.15, 0.2) is 0 Å². The molecule has 0 spiro atoms.